The zero-order valence-electron chi connectivity index (χ0n) is 19.0. The van der Waals surface area contributed by atoms with Crippen LogP contribution in [0.25, 0.3) is 0 Å². The standard InChI is InChI=1S/C12H25NO2.C11H25N/c1-3-4-5-6-7-8-9-10-11(2)15-12(13)14;1-3-4-5-6-7-8-9-10-11-12-2/h11H,3-10H2,1-2H3,(H2,13,14);12H,3-11H2,1-2H3. The van der Waals surface area contributed by atoms with Gasteiger partial charge in [0, 0.05) is 0 Å². The van der Waals surface area contributed by atoms with E-state index in [0.29, 0.717) is 0 Å². The fourth-order valence-corrected chi connectivity index (χ4v) is 3.08. The quantitative estimate of drug-likeness (QED) is 0.250. The lowest BCUT2D eigenvalue weighted by atomic mass is 10.1. The van der Waals surface area contributed by atoms with Crippen molar-refractivity contribution in [1.29, 1.82) is 0 Å². The Morgan fingerprint density at radius 3 is 1.59 bits per heavy atom. The highest BCUT2D eigenvalue weighted by molar-refractivity contribution is 5.64. The molecule has 0 bridgehead atoms. The van der Waals surface area contributed by atoms with Crippen molar-refractivity contribution in [1.82, 2.24) is 5.32 Å². The maximum Gasteiger partial charge on any atom is 0.404 e. The Kier molecular flexibility index (Phi) is 26.6. The summed E-state index contributed by atoms with van der Waals surface area (Å²) in [7, 11) is 2.03. The third-order valence-corrected chi connectivity index (χ3v) is 4.81. The van der Waals surface area contributed by atoms with E-state index in [9.17, 15) is 4.79 Å². The molecule has 1 atom stereocenters. The molecule has 0 aromatic rings. The van der Waals surface area contributed by atoms with Gasteiger partial charge in [-0.25, -0.2) is 4.79 Å². The van der Waals surface area contributed by atoms with Crippen LogP contribution in [0.5, 0.6) is 0 Å². The predicted octanol–water partition coefficient (Wildman–Crippen LogP) is 6.96. The molecule has 0 aliphatic rings. The molecular formula is C23H50N2O2. The minimum atomic E-state index is -0.662. The molecule has 0 aliphatic carbocycles. The van der Waals surface area contributed by atoms with Crippen LogP contribution in [0.15, 0.2) is 0 Å². The molecule has 0 fully saturated rings. The van der Waals surface area contributed by atoms with Gasteiger partial charge in [-0.15, -0.1) is 0 Å². The topological polar surface area (TPSA) is 64.3 Å². The molecule has 0 aliphatic heterocycles. The number of amides is 1. The van der Waals surface area contributed by atoms with E-state index in [4.69, 9.17) is 10.5 Å². The van der Waals surface area contributed by atoms with Crippen molar-refractivity contribution < 1.29 is 9.53 Å². The number of nitrogens with one attached hydrogen (secondary N) is 1. The number of ether oxygens (including phenoxy) is 1. The Hall–Kier alpha value is -0.770. The highest BCUT2D eigenvalue weighted by atomic mass is 16.6. The van der Waals surface area contributed by atoms with Crippen molar-refractivity contribution >= 4 is 6.09 Å². The molecule has 164 valence electrons. The second kappa shape index (κ2) is 25.2. The third kappa shape index (κ3) is 30.2. The fourth-order valence-electron chi connectivity index (χ4n) is 3.08. The zero-order valence-corrected chi connectivity index (χ0v) is 19.0. The molecule has 1 amide bonds. The van der Waals surface area contributed by atoms with E-state index in [2.05, 4.69) is 19.2 Å². The van der Waals surface area contributed by atoms with Crippen molar-refractivity contribution in [2.45, 2.75) is 130 Å². The van der Waals surface area contributed by atoms with Crippen LogP contribution in [0.4, 0.5) is 4.79 Å². The molecule has 0 rings (SSSR count). The number of hydrogen-bond donors (Lipinski definition) is 2. The molecule has 0 aromatic heterocycles. The molecule has 3 N–H and O–H groups in total. The second-order valence-electron chi connectivity index (χ2n) is 7.74. The van der Waals surface area contributed by atoms with Gasteiger partial charge in [0.15, 0.2) is 0 Å². The lowest BCUT2D eigenvalue weighted by Crippen LogP contribution is -2.20. The van der Waals surface area contributed by atoms with Gasteiger partial charge >= 0.3 is 6.09 Å². The van der Waals surface area contributed by atoms with E-state index in [1.54, 1.807) is 0 Å². The fraction of sp³-hybridized carbons (Fsp3) is 0.957. The van der Waals surface area contributed by atoms with Crippen LogP contribution >= 0.6 is 0 Å². The van der Waals surface area contributed by atoms with E-state index in [1.807, 2.05) is 14.0 Å². The molecule has 0 saturated carbocycles. The summed E-state index contributed by atoms with van der Waals surface area (Å²) in [5.41, 5.74) is 4.92. The first-order valence-electron chi connectivity index (χ1n) is 11.7. The molecule has 0 spiro atoms. The average molecular weight is 387 g/mol. The highest BCUT2D eigenvalue weighted by Crippen LogP contribution is 2.11. The van der Waals surface area contributed by atoms with Crippen LogP contribution in [-0.2, 0) is 4.74 Å². The normalized spacial score (nSPS) is 11.6. The monoisotopic (exact) mass is 386 g/mol. The summed E-state index contributed by atoms with van der Waals surface area (Å²) >= 11 is 0. The molecule has 0 heterocycles. The van der Waals surface area contributed by atoms with Gasteiger partial charge in [-0.2, -0.15) is 0 Å². The van der Waals surface area contributed by atoms with Crippen molar-refractivity contribution in [2.75, 3.05) is 13.6 Å². The van der Waals surface area contributed by atoms with E-state index in [1.165, 1.54) is 96.4 Å². The van der Waals surface area contributed by atoms with Crippen LogP contribution in [0.2, 0.25) is 0 Å². The van der Waals surface area contributed by atoms with Crippen molar-refractivity contribution in [3.63, 3.8) is 0 Å². The van der Waals surface area contributed by atoms with Gasteiger partial charge in [0.1, 0.15) is 6.10 Å². The lowest BCUT2D eigenvalue weighted by molar-refractivity contribution is 0.110. The van der Waals surface area contributed by atoms with Gasteiger partial charge in [0.25, 0.3) is 0 Å². The summed E-state index contributed by atoms with van der Waals surface area (Å²) in [5.74, 6) is 0. The Morgan fingerprint density at radius 1 is 0.778 bits per heavy atom. The number of hydrogen-bond acceptors (Lipinski definition) is 3. The van der Waals surface area contributed by atoms with E-state index >= 15 is 0 Å². The van der Waals surface area contributed by atoms with Crippen LogP contribution in [-0.4, -0.2) is 25.8 Å². The summed E-state index contributed by atoms with van der Waals surface area (Å²) in [6, 6.07) is 0. The summed E-state index contributed by atoms with van der Waals surface area (Å²) in [6.45, 7) is 7.58. The van der Waals surface area contributed by atoms with E-state index < -0.39 is 6.09 Å². The van der Waals surface area contributed by atoms with Crippen LogP contribution in [0.3, 0.4) is 0 Å². The predicted molar refractivity (Wildman–Crippen MR) is 119 cm³/mol. The largest absolute Gasteiger partial charge is 0.447 e. The van der Waals surface area contributed by atoms with Gasteiger partial charge < -0.3 is 15.8 Å². The number of carbonyl (C=O) groups excluding carboxylic acids is 1. The van der Waals surface area contributed by atoms with Crippen LogP contribution < -0.4 is 11.1 Å². The number of unbranched alkanes of at least 4 members (excludes halogenated alkanes) is 13. The summed E-state index contributed by atoms with van der Waals surface area (Å²) in [5, 5.41) is 3.18. The maximum absolute atomic E-state index is 10.4. The second-order valence-corrected chi connectivity index (χ2v) is 7.74. The Labute approximate surface area is 170 Å². The molecule has 4 nitrogen and oxygen atoms in total. The summed E-state index contributed by atoms with van der Waals surface area (Å²) < 4.78 is 4.83. The Morgan fingerprint density at radius 2 is 1.19 bits per heavy atom. The smallest absolute Gasteiger partial charge is 0.404 e. The van der Waals surface area contributed by atoms with Crippen LogP contribution in [0, 0.1) is 0 Å². The first kappa shape index (κ1) is 28.4. The van der Waals surface area contributed by atoms with Crippen molar-refractivity contribution in [3.05, 3.63) is 0 Å². The number of carbonyl (C=O) groups is 1. The zero-order chi connectivity index (χ0) is 20.6. The maximum atomic E-state index is 10.4. The minimum Gasteiger partial charge on any atom is -0.447 e. The van der Waals surface area contributed by atoms with Crippen molar-refractivity contribution in [3.8, 4) is 0 Å². The van der Waals surface area contributed by atoms with Crippen LogP contribution in [0.1, 0.15) is 124 Å². The summed E-state index contributed by atoms with van der Waals surface area (Å²) in [6.07, 6.45) is 20.5. The van der Waals surface area contributed by atoms with Gasteiger partial charge in [-0.1, -0.05) is 97.3 Å². The molecule has 4 heteroatoms. The third-order valence-electron chi connectivity index (χ3n) is 4.81. The number of rotatable bonds is 18. The van der Waals surface area contributed by atoms with Gasteiger partial charge in [0.05, 0.1) is 0 Å². The van der Waals surface area contributed by atoms with Gasteiger partial charge in [0.2, 0.25) is 0 Å². The van der Waals surface area contributed by atoms with E-state index in [0.717, 1.165) is 12.8 Å². The highest BCUT2D eigenvalue weighted by Gasteiger charge is 2.04. The average Bonchev–Trinajstić information content (AvgIpc) is 2.63. The molecule has 27 heavy (non-hydrogen) atoms. The lowest BCUT2D eigenvalue weighted by Gasteiger charge is -2.10. The summed E-state index contributed by atoms with van der Waals surface area (Å²) in [4.78, 5) is 10.4. The molecule has 0 aromatic carbocycles. The molecular weight excluding hydrogens is 336 g/mol. The molecule has 1 unspecified atom stereocenters. The number of primary amides is 1. The first-order valence-corrected chi connectivity index (χ1v) is 11.7. The first-order chi connectivity index (χ1) is 13.1. The van der Waals surface area contributed by atoms with Gasteiger partial charge in [-0.05, 0) is 39.8 Å². The molecule has 0 radical (unpaired) electrons. The number of nitrogens with two attached hydrogens (primary N) is 1. The van der Waals surface area contributed by atoms with Gasteiger partial charge in [-0.3, -0.25) is 0 Å². The Balaban J connectivity index is 0. The van der Waals surface area contributed by atoms with Crippen molar-refractivity contribution in [2.24, 2.45) is 5.73 Å². The SMILES string of the molecule is CCCCCCCCCC(C)OC(N)=O.CCCCCCCCCCNC. The van der Waals surface area contributed by atoms with E-state index in [-0.39, 0.29) is 6.10 Å². The minimum absolute atomic E-state index is 0.0295. The molecule has 0 saturated heterocycles. The Bertz CT molecular complexity index is 276.